The number of ether oxygens (including phenoxy) is 1. The van der Waals surface area contributed by atoms with Crippen LogP contribution in [0.4, 0.5) is 11.8 Å². The largest absolute Gasteiger partial charge is 0.376 e. The molecule has 1 saturated heterocycles. The van der Waals surface area contributed by atoms with Crippen molar-refractivity contribution in [1.82, 2.24) is 19.9 Å². The molecule has 0 spiro atoms. The molecule has 1 fully saturated rings. The highest BCUT2D eigenvalue weighted by Crippen LogP contribution is 2.21. The molecule has 7 nitrogen and oxygen atoms in total. The Bertz CT molecular complexity index is 658. The Kier molecular flexibility index (Phi) is 6.14. The number of pyridine rings is 1. The molecule has 3 heterocycles. The number of nitrogens with zero attached hydrogens (tertiary/aromatic N) is 4. The molecule has 2 aromatic heterocycles. The average Bonchev–Trinajstić information content (AvgIpc) is 3.14. The molecule has 0 bridgehead atoms. The molecular formula is C18H26N6O. The van der Waals surface area contributed by atoms with Crippen molar-refractivity contribution >= 4 is 11.8 Å². The number of nitrogens with one attached hydrogen (secondary N) is 2. The van der Waals surface area contributed by atoms with Crippen molar-refractivity contribution < 1.29 is 4.74 Å². The summed E-state index contributed by atoms with van der Waals surface area (Å²) in [6.45, 7) is 3.32. The summed E-state index contributed by atoms with van der Waals surface area (Å²) in [5, 5.41) is 6.69. The van der Waals surface area contributed by atoms with Gasteiger partial charge < -0.3 is 20.3 Å². The molecule has 0 aromatic carbocycles. The van der Waals surface area contributed by atoms with Gasteiger partial charge in [-0.25, -0.2) is 4.98 Å². The number of hydrogen-bond acceptors (Lipinski definition) is 7. The second-order valence-corrected chi connectivity index (χ2v) is 6.45. The summed E-state index contributed by atoms with van der Waals surface area (Å²) >= 11 is 0. The Hall–Kier alpha value is -2.25. The molecule has 0 saturated carbocycles. The highest BCUT2D eigenvalue weighted by atomic mass is 16.5. The summed E-state index contributed by atoms with van der Waals surface area (Å²) in [4.78, 5) is 15.5. The van der Waals surface area contributed by atoms with E-state index in [2.05, 4.69) is 30.5 Å². The summed E-state index contributed by atoms with van der Waals surface area (Å²) in [5.41, 5.74) is 1.83. The van der Waals surface area contributed by atoms with Gasteiger partial charge in [-0.15, -0.1) is 0 Å². The van der Waals surface area contributed by atoms with Crippen molar-refractivity contribution in [2.45, 2.75) is 18.9 Å². The van der Waals surface area contributed by atoms with Gasteiger partial charge in [0.1, 0.15) is 5.82 Å². The monoisotopic (exact) mass is 342 g/mol. The minimum Gasteiger partial charge on any atom is -0.376 e. The number of anilines is 2. The third-order valence-corrected chi connectivity index (χ3v) is 4.06. The first-order chi connectivity index (χ1) is 12.2. The van der Waals surface area contributed by atoms with Crippen molar-refractivity contribution in [2.24, 2.45) is 0 Å². The zero-order chi connectivity index (χ0) is 17.5. The highest BCUT2D eigenvalue weighted by Gasteiger charge is 2.15. The molecule has 1 aliphatic heterocycles. The van der Waals surface area contributed by atoms with Crippen LogP contribution in [0.5, 0.6) is 0 Å². The van der Waals surface area contributed by atoms with Gasteiger partial charge in [-0.3, -0.25) is 4.98 Å². The Morgan fingerprint density at radius 2 is 2.20 bits per heavy atom. The van der Waals surface area contributed by atoms with Gasteiger partial charge in [-0.1, -0.05) is 0 Å². The minimum atomic E-state index is 0.266. The molecule has 1 aliphatic rings. The Labute approximate surface area is 148 Å². The standard InChI is InChI=1S/C18H26N6O/c1-24(2)9-8-20-18-22-16(14-5-3-7-19-12-14)11-17(23-18)21-13-15-6-4-10-25-15/h3,5,7,11-12,15H,4,6,8-10,13H2,1-2H3,(H2,20,21,22,23)/t15-/m0/s1. The third kappa shape index (κ3) is 5.37. The fourth-order valence-electron chi connectivity index (χ4n) is 2.69. The Morgan fingerprint density at radius 1 is 1.28 bits per heavy atom. The lowest BCUT2D eigenvalue weighted by Crippen LogP contribution is -2.22. The van der Waals surface area contributed by atoms with Crippen molar-refractivity contribution in [3.05, 3.63) is 30.6 Å². The highest BCUT2D eigenvalue weighted by molar-refractivity contribution is 5.63. The second-order valence-electron chi connectivity index (χ2n) is 6.45. The molecule has 2 N–H and O–H groups in total. The molecular weight excluding hydrogens is 316 g/mol. The lowest BCUT2D eigenvalue weighted by Gasteiger charge is -2.15. The van der Waals surface area contributed by atoms with Crippen LogP contribution < -0.4 is 10.6 Å². The maximum atomic E-state index is 5.67. The topological polar surface area (TPSA) is 75.2 Å². The molecule has 3 rings (SSSR count). The van der Waals surface area contributed by atoms with E-state index < -0.39 is 0 Å². The molecule has 0 unspecified atom stereocenters. The maximum absolute atomic E-state index is 5.67. The predicted octanol–water partition coefficient (Wildman–Crippen LogP) is 2.10. The van der Waals surface area contributed by atoms with E-state index in [0.29, 0.717) is 5.95 Å². The van der Waals surface area contributed by atoms with E-state index in [1.807, 2.05) is 38.5 Å². The van der Waals surface area contributed by atoms with Crippen LogP contribution in [0.25, 0.3) is 11.3 Å². The second kappa shape index (κ2) is 8.73. The van der Waals surface area contributed by atoms with Crippen LogP contribution >= 0.6 is 0 Å². The Balaban J connectivity index is 1.75. The van der Waals surface area contributed by atoms with E-state index in [4.69, 9.17) is 4.74 Å². The van der Waals surface area contributed by atoms with E-state index >= 15 is 0 Å². The molecule has 2 aromatic rings. The lowest BCUT2D eigenvalue weighted by molar-refractivity contribution is 0.120. The van der Waals surface area contributed by atoms with E-state index in [9.17, 15) is 0 Å². The van der Waals surface area contributed by atoms with Gasteiger partial charge >= 0.3 is 0 Å². The predicted molar refractivity (Wildman–Crippen MR) is 99.8 cm³/mol. The van der Waals surface area contributed by atoms with Crippen molar-refractivity contribution in [2.75, 3.05) is 51.0 Å². The molecule has 134 valence electrons. The lowest BCUT2D eigenvalue weighted by atomic mass is 10.2. The van der Waals surface area contributed by atoms with Crippen LogP contribution in [0.2, 0.25) is 0 Å². The van der Waals surface area contributed by atoms with Gasteiger partial charge in [-0.2, -0.15) is 4.98 Å². The van der Waals surface area contributed by atoms with E-state index in [0.717, 1.165) is 56.2 Å². The van der Waals surface area contributed by atoms with Gasteiger partial charge in [0.05, 0.1) is 11.8 Å². The van der Waals surface area contributed by atoms with Crippen LogP contribution in [-0.4, -0.2) is 66.3 Å². The number of aromatic nitrogens is 3. The van der Waals surface area contributed by atoms with Gasteiger partial charge in [0.15, 0.2) is 0 Å². The van der Waals surface area contributed by atoms with Crippen LogP contribution in [0.15, 0.2) is 30.6 Å². The molecule has 25 heavy (non-hydrogen) atoms. The zero-order valence-corrected chi connectivity index (χ0v) is 14.9. The third-order valence-electron chi connectivity index (χ3n) is 4.06. The average molecular weight is 342 g/mol. The summed E-state index contributed by atoms with van der Waals surface area (Å²) in [5.74, 6) is 1.43. The molecule has 0 amide bonds. The zero-order valence-electron chi connectivity index (χ0n) is 14.9. The van der Waals surface area contributed by atoms with E-state index in [-0.39, 0.29) is 6.10 Å². The van der Waals surface area contributed by atoms with Crippen molar-refractivity contribution in [3.8, 4) is 11.3 Å². The van der Waals surface area contributed by atoms with Gasteiger partial charge in [0, 0.05) is 50.3 Å². The maximum Gasteiger partial charge on any atom is 0.225 e. The number of hydrogen-bond donors (Lipinski definition) is 2. The van der Waals surface area contributed by atoms with Crippen molar-refractivity contribution in [3.63, 3.8) is 0 Å². The first-order valence-electron chi connectivity index (χ1n) is 8.74. The number of rotatable bonds is 8. The van der Waals surface area contributed by atoms with Crippen LogP contribution in [0.3, 0.4) is 0 Å². The first kappa shape index (κ1) is 17.6. The summed E-state index contributed by atoms with van der Waals surface area (Å²) < 4.78 is 5.67. The van der Waals surface area contributed by atoms with Crippen LogP contribution in [-0.2, 0) is 4.74 Å². The fraction of sp³-hybridized carbons (Fsp3) is 0.500. The normalized spacial score (nSPS) is 17.0. The molecule has 0 radical (unpaired) electrons. The van der Waals surface area contributed by atoms with E-state index in [1.165, 1.54) is 0 Å². The fourth-order valence-corrected chi connectivity index (χ4v) is 2.69. The van der Waals surface area contributed by atoms with Gasteiger partial charge in [-0.05, 0) is 39.1 Å². The van der Waals surface area contributed by atoms with Crippen LogP contribution in [0, 0.1) is 0 Å². The summed E-state index contributed by atoms with van der Waals surface area (Å²) in [7, 11) is 4.09. The number of likely N-dealkylation sites (N-methyl/N-ethyl adjacent to an activating group) is 1. The summed E-state index contributed by atoms with van der Waals surface area (Å²) in [6.07, 6.45) is 6.07. The first-order valence-corrected chi connectivity index (χ1v) is 8.74. The molecule has 1 atom stereocenters. The minimum absolute atomic E-state index is 0.266. The quantitative estimate of drug-likeness (QED) is 0.761. The summed E-state index contributed by atoms with van der Waals surface area (Å²) in [6, 6.07) is 5.88. The SMILES string of the molecule is CN(C)CCNc1nc(NC[C@@H]2CCCO2)cc(-c2cccnc2)n1. The Morgan fingerprint density at radius 3 is 2.92 bits per heavy atom. The van der Waals surface area contributed by atoms with Gasteiger partial charge in [0.25, 0.3) is 0 Å². The van der Waals surface area contributed by atoms with Crippen molar-refractivity contribution in [1.29, 1.82) is 0 Å². The molecule has 0 aliphatic carbocycles. The van der Waals surface area contributed by atoms with Crippen LogP contribution in [0.1, 0.15) is 12.8 Å². The van der Waals surface area contributed by atoms with E-state index in [1.54, 1.807) is 6.20 Å². The van der Waals surface area contributed by atoms with Gasteiger partial charge in [0.2, 0.25) is 5.95 Å². The molecule has 7 heteroatoms. The smallest absolute Gasteiger partial charge is 0.225 e.